The molecule has 0 radical (unpaired) electrons. The predicted octanol–water partition coefficient (Wildman–Crippen LogP) is 2.94. The van der Waals surface area contributed by atoms with Gasteiger partial charge in [0.2, 0.25) is 0 Å². The van der Waals surface area contributed by atoms with Crippen molar-refractivity contribution >= 4 is 27.2 Å². The molecule has 0 aliphatic rings. The summed E-state index contributed by atoms with van der Waals surface area (Å²) in [6, 6.07) is 10.00. The lowest BCUT2D eigenvalue weighted by atomic mass is 10.1. The van der Waals surface area contributed by atoms with Crippen molar-refractivity contribution in [3.8, 4) is 11.3 Å². The number of nitrogens with two attached hydrogens (primary N) is 1. The molecule has 2 N–H and O–H groups in total. The maximum absolute atomic E-state index is 5.89. The number of benzene rings is 1. The minimum Gasteiger partial charge on any atom is -0.389 e. The maximum atomic E-state index is 5.89. The Morgan fingerprint density at radius 2 is 1.94 bits per heavy atom. The Labute approximate surface area is 96.6 Å². The van der Waals surface area contributed by atoms with Gasteiger partial charge in [-0.1, -0.05) is 24.3 Å². The van der Waals surface area contributed by atoms with Crippen LogP contribution in [0.4, 0.5) is 5.00 Å². The van der Waals surface area contributed by atoms with Crippen molar-refractivity contribution < 1.29 is 0 Å². The van der Waals surface area contributed by atoms with Crippen molar-refractivity contribution in [2.75, 3.05) is 5.73 Å². The average Bonchev–Trinajstić information content (AvgIpc) is 2.75. The minimum absolute atomic E-state index is 0.734. The Balaban J connectivity index is 2.36. The molecule has 3 nitrogen and oxygen atoms in total. The first-order valence-electron chi connectivity index (χ1n) is 4.89. The molecule has 0 spiro atoms. The van der Waals surface area contributed by atoms with Gasteiger partial charge in [0.1, 0.15) is 10.7 Å². The number of hydrogen-bond donors (Lipinski definition) is 1. The third-order valence-corrected chi connectivity index (χ3v) is 3.14. The summed E-state index contributed by atoms with van der Waals surface area (Å²) in [6.07, 6.45) is 1.79. The number of thiazole rings is 1. The van der Waals surface area contributed by atoms with Crippen LogP contribution in [0.3, 0.4) is 0 Å². The fourth-order valence-corrected chi connectivity index (χ4v) is 2.30. The van der Waals surface area contributed by atoms with Gasteiger partial charge in [0.15, 0.2) is 0 Å². The van der Waals surface area contributed by atoms with E-state index in [-0.39, 0.29) is 0 Å². The number of para-hydroxylation sites is 1. The molecule has 16 heavy (non-hydrogen) atoms. The quantitative estimate of drug-likeness (QED) is 0.695. The van der Waals surface area contributed by atoms with Crippen LogP contribution in [0.25, 0.3) is 22.2 Å². The topological polar surface area (TPSA) is 51.8 Å². The molecule has 1 aromatic carbocycles. The summed E-state index contributed by atoms with van der Waals surface area (Å²) in [4.78, 5) is 8.68. The largest absolute Gasteiger partial charge is 0.389 e. The second-order valence-corrected chi connectivity index (χ2v) is 4.33. The van der Waals surface area contributed by atoms with Crippen molar-refractivity contribution in [1.29, 1.82) is 0 Å². The van der Waals surface area contributed by atoms with Gasteiger partial charge in [-0.15, -0.1) is 11.3 Å². The predicted molar refractivity (Wildman–Crippen MR) is 67.3 cm³/mol. The molecule has 0 aliphatic heterocycles. The lowest BCUT2D eigenvalue weighted by Gasteiger charge is -2.03. The summed E-state index contributed by atoms with van der Waals surface area (Å²) in [5.41, 5.74) is 10.4. The number of hydrogen-bond acceptors (Lipinski definition) is 4. The second-order valence-electron chi connectivity index (χ2n) is 3.45. The summed E-state index contributed by atoms with van der Waals surface area (Å²) in [5.74, 6) is 0. The van der Waals surface area contributed by atoms with Crippen LogP contribution < -0.4 is 5.73 Å². The fraction of sp³-hybridized carbons (Fsp3) is 0. The lowest BCUT2D eigenvalue weighted by molar-refractivity contribution is 1.38. The third kappa shape index (κ3) is 1.35. The van der Waals surface area contributed by atoms with Crippen LogP contribution in [-0.2, 0) is 0 Å². The molecule has 0 amide bonds. The van der Waals surface area contributed by atoms with Gasteiger partial charge in [0, 0.05) is 17.1 Å². The number of fused-ring (bicyclic) bond motifs is 1. The summed E-state index contributed by atoms with van der Waals surface area (Å²) < 4.78 is 0. The normalized spacial score (nSPS) is 10.8. The highest BCUT2D eigenvalue weighted by molar-refractivity contribution is 7.14. The lowest BCUT2D eigenvalue weighted by Crippen LogP contribution is -1.88. The van der Waals surface area contributed by atoms with Gasteiger partial charge in [-0.25, -0.2) is 4.98 Å². The maximum Gasteiger partial charge on any atom is 0.114 e. The molecule has 0 saturated carbocycles. The summed E-state index contributed by atoms with van der Waals surface area (Å²) >= 11 is 1.45. The summed E-state index contributed by atoms with van der Waals surface area (Å²) in [7, 11) is 0. The van der Waals surface area contributed by atoms with Gasteiger partial charge in [-0.05, 0) is 6.07 Å². The Morgan fingerprint density at radius 1 is 1.06 bits per heavy atom. The van der Waals surface area contributed by atoms with E-state index in [1.165, 1.54) is 11.3 Å². The SMILES string of the molecule is Nc1scnc1-c1cccc2cccnc12. The molecule has 0 atom stereocenters. The van der Waals surface area contributed by atoms with Gasteiger partial charge in [-0.2, -0.15) is 0 Å². The summed E-state index contributed by atoms with van der Waals surface area (Å²) in [6.45, 7) is 0. The zero-order valence-electron chi connectivity index (χ0n) is 8.42. The molecule has 0 fully saturated rings. The third-order valence-electron chi connectivity index (χ3n) is 2.48. The number of aromatic nitrogens is 2. The van der Waals surface area contributed by atoms with Crippen molar-refractivity contribution in [3.05, 3.63) is 42.0 Å². The van der Waals surface area contributed by atoms with Gasteiger partial charge in [0.05, 0.1) is 11.0 Å². The molecule has 3 rings (SSSR count). The van der Waals surface area contributed by atoms with Crippen LogP contribution in [0.5, 0.6) is 0 Å². The summed E-state index contributed by atoms with van der Waals surface area (Å²) in [5, 5.41) is 1.84. The van der Waals surface area contributed by atoms with E-state index < -0.39 is 0 Å². The first-order valence-corrected chi connectivity index (χ1v) is 5.77. The van der Waals surface area contributed by atoms with E-state index in [1.54, 1.807) is 11.7 Å². The van der Waals surface area contributed by atoms with Crippen LogP contribution in [0.2, 0.25) is 0 Å². The number of rotatable bonds is 1. The Kier molecular flexibility index (Phi) is 2.08. The molecule has 0 unspecified atom stereocenters. The fourth-order valence-electron chi connectivity index (χ4n) is 1.75. The highest BCUT2D eigenvalue weighted by Gasteiger charge is 2.09. The van der Waals surface area contributed by atoms with Crippen LogP contribution in [0, 0.1) is 0 Å². The first-order chi connectivity index (χ1) is 7.86. The number of nitrogen functional groups attached to an aromatic ring is 1. The molecule has 0 bridgehead atoms. The van der Waals surface area contributed by atoms with Crippen molar-refractivity contribution in [2.24, 2.45) is 0 Å². The Bertz CT molecular complexity index is 640. The molecule has 2 aromatic heterocycles. The van der Waals surface area contributed by atoms with Crippen LogP contribution in [0.15, 0.2) is 42.0 Å². The molecule has 78 valence electrons. The second kappa shape index (κ2) is 3.57. The van der Waals surface area contributed by atoms with Crippen LogP contribution >= 0.6 is 11.3 Å². The highest BCUT2D eigenvalue weighted by Crippen LogP contribution is 2.31. The van der Waals surface area contributed by atoms with Gasteiger partial charge in [0.25, 0.3) is 0 Å². The van der Waals surface area contributed by atoms with E-state index in [2.05, 4.69) is 9.97 Å². The van der Waals surface area contributed by atoms with E-state index in [9.17, 15) is 0 Å². The van der Waals surface area contributed by atoms with Crippen LogP contribution in [0.1, 0.15) is 0 Å². The van der Waals surface area contributed by atoms with Crippen LogP contribution in [-0.4, -0.2) is 9.97 Å². The standard InChI is InChI=1S/C12H9N3S/c13-12-11(15-7-16-12)9-5-1-3-8-4-2-6-14-10(8)9/h1-7H,13H2. The van der Waals surface area contributed by atoms with E-state index in [0.717, 1.165) is 27.2 Å². The van der Waals surface area contributed by atoms with Gasteiger partial charge in [-0.3, -0.25) is 4.98 Å². The monoisotopic (exact) mass is 227 g/mol. The molecule has 2 heterocycles. The number of nitrogens with zero attached hydrogens (tertiary/aromatic N) is 2. The number of anilines is 1. The van der Waals surface area contributed by atoms with E-state index in [1.807, 2.05) is 30.3 Å². The van der Waals surface area contributed by atoms with Gasteiger partial charge >= 0.3 is 0 Å². The molecular formula is C12H9N3S. The highest BCUT2D eigenvalue weighted by atomic mass is 32.1. The van der Waals surface area contributed by atoms with Crippen molar-refractivity contribution in [1.82, 2.24) is 9.97 Å². The Morgan fingerprint density at radius 3 is 2.75 bits per heavy atom. The molecule has 3 aromatic rings. The first kappa shape index (κ1) is 9.30. The smallest absolute Gasteiger partial charge is 0.114 e. The molecule has 4 heteroatoms. The Hall–Kier alpha value is -1.94. The van der Waals surface area contributed by atoms with E-state index >= 15 is 0 Å². The molecular weight excluding hydrogens is 218 g/mol. The zero-order chi connectivity index (χ0) is 11.0. The molecule has 0 saturated heterocycles. The van der Waals surface area contributed by atoms with E-state index in [4.69, 9.17) is 5.73 Å². The zero-order valence-corrected chi connectivity index (χ0v) is 9.24. The van der Waals surface area contributed by atoms with Crippen molar-refractivity contribution in [3.63, 3.8) is 0 Å². The number of pyridine rings is 1. The van der Waals surface area contributed by atoms with E-state index in [0.29, 0.717) is 0 Å². The van der Waals surface area contributed by atoms with Gasteiger partial charge < -0.3 is 5.73 Å². The average molecular weight is 227 g/mol. The van der Waals surface area contributed by atoms with Crippen molar-refractivity contribution in [2.45, 2.75) is 0 Å². The minimum atomic E-state index is 0.734. The molecule has 0 aliphatic carbocycles.